The molecule has 2 heteroatoms. The third-order valence-corrected chi connectivity index (χ3v) is 5.79. The molecule has 2 aromatic carbocycles. The summed E-state index contributed by atoms with van der Waals surface area (Å²) in [5.41, 5.74) is 6.30. The SMILES string of the molecule is CCCCCCc1ccc(-c2ccc(CCc3ccc(OCCCC)cc3)cc2)nc1. The van der Waals surface area contributed by atoms with E-state index in [1.54, 1.807) is 0 Å². The summed E-state index contributed by atoms with van der Waals surface area (Å²) in [4.78, 5) is 4.69. The number of nitrogens with zero attached hydrogens (tertiary/aromatic N) is 1. The average Bonchev–Trinajstić information content (AvgIpc) is 2.82. The minimum absolute atomic E-state index is 0.804. The molecule has 0 saturated carbocycles. The zero-order valence-electron chi connectivity index (χ0n) is 19.3. The van der Waals surface area contributed by atoms with Gasteiger partial charge in [0, 0.05) is 11.8 Å². The Morgan fingerprint density at radius 3 is 1.87 bits per heavy atom. The van der Waals surface area contributed by atoms with Crippen molar-refractivity contribution >= 4 is 0 Å². The Bertz CT molecular complexity index is 866. The number of hydrogen-bond donors (Lipinski definition) is 0. The summed E-state index contributed by atoms with van der Waals surface area (Å²) in [7, 11) is 0. The predicted octanol–water partition coefficient (Wildman–Crippen LogP) is 7.84. The number of pyridine rings is 1. The van der Waals surface area contributed by atoms with Crippen LogP contribution in [0.15, 0.2) is 66.9 Å². The number of unbranched alkanes of at least 4 members (excludes halogenated alkanes) is 4. The molecule has 0 bridgehead atoms. The van der Waals surface area contributed by atoms with Gasteiger partial charge in [-0.3, -0.25) is 4.98 Å². The fourth-order valence-electron chi connectivity index (χ4n) is 3.72. The van der Waals surface area contributed by atoms with Crippen molar-refractivity contribution in [3.8, 4) is 17.0 Å². The smallest absolute Gasteiger partial charge is 0.119 e. The van der Waals surface area contributed by atoms with Crippen LogP contribution < -0.4 is 4.74 Å². The van der Waals surface area contributed by atoms with Crippen molar-refractivity contribution in [2.45, 2.75) is 71.6 Å². The van der Waals surface area contributed by atoms with E-state index >= 15 is 0 Å². The zero-order chi connectivity index (χ0) is 21.7. The van der Waals surface area contributed by atoms with Crippen LogP contribution in [0.25, 0.3) is 11.3 Å². The van der Waals surface area contributed by atoms with Gasteiger partial charge in [0.1, 0.15) is 5.75 Å². The minimum Gasteiger partial charge on any atom is -0.494 e. The minimum atomic E-state index is 0.804. The Kier molecular flexibility index (Phi) is 9.63. The molecule has 3 rings (SSSR count). The summed E-state index contributed by atoms with van der Waals surface area (Å²) < 4.78 is 5.75. The first-order chi connectivity index (χ1) is 15.3. The molecule has 0 spiro atoms. The summed E-state index contributed by atoms with van der Waals surface area (Å²) in [6, 6.07) is 21.8. The second-order valence-corrected chi connectivity index (χ2v) is 8.41. The van der Waals surface area contributed by atoms with Gasteiger partial charge in [-0.2, -0.15) is 0 Å². The average molecular weight is 416 g/mol. The number of ether oxygens (including phenoxy) is 1. The Labute approximate surface area is 188 Å². The van der Waals surface area contributed by atoms with Crippen molar-refractivity contribution in [3.63, 3.8) is 0 Å². The van der Waals surface area contributed by atoms with Gasteiger partial charge in [0.15, 0.2) is 0 Å². The number of aromatic nitrogens is 1. The molecule has 31 heavy (non-hydrogen) atoms. The lowest BCUT2D eigenvalue weighted by Gasteiger charge is -2.08. The summed E-state index contributed by atoms with van der Waals surface area (Å²) >= 11 is 0. The Morgan fingerprint density at radius 1 is 0.613 bits per heavy atom. The van der Waals surface area contributed by atoms with E-state index in [0.29, 0.717) is 0 Å². The monoisotopic (exact) mass is 415 g/mol. The number of hydrogen-bond acceptors (Lipinski definition) is 2. The number of rotatable bonds is 13. The van der Waals surface area contributed by atoms with Gasteiger partial charge in [-0.15, -0.1) is 0 Å². The molecule has 0 aliphatic rings. The summed E-state index contributed by atoms with van der Waals surface area (Å²) in [6.07, 6.45) is 12.7. The molecule has 1 heterocycles. The molecule has 0 aliphatic heterocycles. The molecule has 0 aliphatic carbocycles. The van der Waals surface area contributed by atoms with Crippen molar-refractivity contribution in [1.82, 2.24) is 4.98 Å². The van der Waals surface area contributed by atoms with Gasteiger partial charge in [-0.05, 0) is 67.0 Å². The van der Waals surface area contributed by atoms with Gasteiger partial charge < -0.3 is 4.74 Å². The molecule has 0 fully saturated rings. The van der Waals surface area contributed by atoms with Gasteiger partial charge >= 0.3 is 0 Å². The lowest BCUT2D eigenvalue weighted by Crippen LogP contribution is -1.97. The zero-order valence-corrected chi connectivity index (χ0v) is 19.3. The lowest BCUT2D eigenvalue weighted by molar-refractivity contribution is 0.309. The van der Waals surface area contributed by atoms with E-state index < -0.39 is 0 Å². The molecule has 3 aromatic rings. The maximum atomic E-state index is 5.75. The van der Waals surface area contributed by atoms with Gasteiger partial charge in [-0.1, -0.05) is 82.0 Å². The normalized spacial score (nSPS) is 10.9. The second-order valence-electron chi connectivity index (χ2n) is 8.41. The fraction of sp³-hybridized carbons (Fsp3) is 0.414. The van der Waals surface area contributed by atoms with Gasteiger partial charge in [-0.25, -0.2) is 0 Å². The van der Waals surface area contributed by atoms with Crippen LogP contribution in [0.3, 0.4) is 0 Å². The lowest BCUT2D eigenvalue weighted by atomic mass is 10.0. The Morgan fingerprint density at radius 2 is 1.26 bits per heavy atom. The molecule has 1 aromatic heterocycles. The van der Waals surface area contributed by atoms with Gasteiger partial charge in [0.05, 0.1) is 12.3 Å². The van der Waals surface area contributed by atoms with E-state index in [1.807, 2.05) is 6.20 Å². The Hall–Kier alpha value is -2.61. The number of aryl methyl sites for hydroxylation is 3. The first-order valence-electron chi connectivity index (χ1n) is 12.0. The first-order valence-corrected chi connectivity index (χ1v) is 12.0. The highest BCUT2D eigenvalue weighted by molar-refractivity contribution is 5.59. The first kappa shape index (κ1) is 23.1. The Balaban J connectivity index is 1.47. The van der Waals surface area contributed by atoms with Crippen LogP contribution in [0.2, 0.25) is 0 Å². The van der Waals surface area contributed by atoms with E-state index in [1.165, 1.54) is 47.9 Å². The highest BCUT2D eigenvalue weighted by Crippen LogP contribution is 2.20. The van der Waals surface area contributed by atoms with Crippen LogP contribution in [0, 0.1) is 0 Å². The van der Waals surface area contributed by atoms with Gasteiger partial charge in [0.2, 0.25) is 0 Å². The standard InChI is InChI=1S/C29H37NO/c1-3-5-7-8-9-26-16-21-29(30-23-26)27-17-12-24(13-18-27)10-11-25-14-19-28(20-15-25)31-22-6-4-2/h12-21,23H,3-11,22H2,1-2H3. The molecular formula is C29H37NO. The molecule has 0 unspecified atom stereocenters. The maximum Gasteiger partial charge on any atom is 0.119 e. The molecule has 164 valence electrons. The molecule has 2 nitrogen and oxygen atoms in total. The highest BCUT2D eigenvalue weighted by Gasteiger charge is 2.02. The van der Waals surface area contributed by atoms with E-state index in [4.69, 9.17) is 9.72 Å². The fourth-order valence-corrected chi connectivity index (χ4v) is 3.72. The summed E-state index contributed by atoms with van der Waals surface area (Å²) in [5.74, 6) is 0.973. The van der Waals surface area contributed by atoms with E-state index in [-0.39, 0.29) is 0 Å². The molecular weight excluding hydrogens is 378 g/mol. The number of benzene rings is 2. The quantitative estimate of drug-likeness (QED) is 0.265. The van der Waals surface area contributed by atoms with Gasteiger partial charge in [0.25, 0.3) is 0 Å². The molecule has 0 radical (unpaired) electrons. The van der Waals surface area contributed by atoms with Crippen LogP contribution in [-0.2, 0) is 19.3 Å². The maximum absolute atomic E-state index is 5.75. The summed E-state index contributed by atoms with van der Waals surface area (Å²) in [5, 5.41) is 0. The van der Waals surface area contributed by atoms with E-state index in [0.717, 1.165) is 50.2 Å². The topological polar surface area (TPSA) is 22.1 Å². The van der Waals surface area contributed by atoms with Crippen LogP contribution in [-0.4, -0.2) is 11.6 Å². The van der Waals surface area contributed by atoms with Crippen LogP contribution in [0.5, 0.6) is 5.75 Å². The van der Waals surface area contributed by atoms with Crippen molar-refractivity contribution in [2.24, 2.45) is 0 Å². The van der Waals surface area contributed by atoms with Crippen molar-refractivity contribution < 1.29 is 4.74 Å². The summed E-state index contributed by atoms with van der Waals surface area (Å²) in [6.45, 7) is 5.24. The largest absolute Gasteiger partial charge is 0.494 e. The van der Waals surface area contributed by atoms with Crippen LogP contribution in [0.4, 0.5) is 0 Å². The molecule has 0 amide bonds. The third-order valence-electron chi connectivity index (χ3n) is 5.79. The molecule has 0 saturated heterocycles. The van der Waals surface area contributed by atoms with E-state index in [9.17, 15) is 0 Å². The predicted molar refractivity (Wildman–Crippen MR) is 132 cm³/mol. The second kappa shape index (κ2) is 12.9. The van der Waals surface area contributed by atoms with Crippen molar-refractivity contribution in [1.29, 1.82) is 0 Å². The van der Waals surface area contributed by atoms with Crippen LogP contribution in [0.1, 0.15) is 69.1 Å². The third kappa shape index (κ3) is 7.86. The van der Waals surface area contributed by atoms with E-state index in [2.05, 4.69) is 74.5 Å². The van der Waals surface area contributed by atoms with Crippen molar-refractivity contribution in [2.75, 3.05) is 6.61 Å². The van der Waals surface area contributed by atoms with Crippen LogP contribution >= 0.6 is 0 Å². The molecule has 0 N–H and O–H groups in total. The highest BCUT2D eigenvalue weighted by atomic mass is 16.5. The molecule has 0 atom stereocenters. The van der Waals surface area contributed by atoms with Crippen molar-refractivity contribution in [3.05, 3.63) is 83.6 Å².